The largest absolute Gasteiger partial charge is 0.434 e. The zero-order valence-corrected chi connectivity index (χ0v) is 4.44. The maximum Gasteiger partial charge on any atom is 0.434 e. The van der Waals surface area contributed by atoms with Crippen LogP contribution < -0.4 is 5.73 Å². The molecule has 0 amide bonds. The number of alkyl halides is 3. The molecule has 2 nitrogen and oxygen atoms in total. The zero-order chi connectivity index (χ0) is 7.49. The van der Waals surface area contributed by atoms with Crippen LogP contribution in [0.2, 0.25) is 0 Å². The van der Waals surface area contributed by atoms with Crippen molar-refractivity contribution in [1.82, 2.24) is 0 Å². The summed E-state index contributed by atoms with van der Waals surface area (Å²) >= 11 is 0. The smallest absolute Gasteiger partial charge is 0.403 e. The fourth-order valence-electron chi connectivity index (χ4n) is 0.237. The van der Waals surface area contributed by atoms with Crippen LogP contribution in [-0.4, -0.2) is 12.9 Å². The molecule has 0 rings (SSSR count). The van der Waals surface area contributed by atoms with Crippen LogP contribution in [0.15, 0.2) is 16.9 Å². The number of aliphatic imine (C=N–C) groups is 1. The first kappa shape index (κ1) is 8.00. The van der Waals surface area contributed by atoms with Crippen molar-refractivity contribution in [3.8, 4) is 0 Å². The van der Waals surface area contributed by atoms with E-state index in [0.29, 0.717) is 6.20 Å². The van der Waals surface area contributed by atoms with Gasteiger partial charge in [0.25, 0.3) is 0 Å². The third-order valence-electron chi connectivity index (χ3n) is 0.619. The van der Waals surface area contributed by atoms with Crippen LogP contribution in [0.1, 0.15) is 0 Å². The number of rotatable bonds is 1. The van der Waals surface area contributed by atoms with E-state index >= 15 is 0 Å². The second-order valence-electron chi connectivity index (χ2n) is 1.21. The SMILES string of the molecule is C=N/C(=C\N)C(F)(F)F. The van der Waals surface area contributed by atoms with Gasteiger partial charge in [0.1, 0.15) is 0 Å². The maximum absolute atomic E-state index is 11.4. The molecule has 0 aliphatic carbocycles. The standard InChI is InChI=1S/C4H5F3N2/c1-9-3(2-8)4(5,6)7/h2H,1,8H2/b3-2-. The van der Waals surface area contributed by atoms with Crippen LogP contribution in [0.4, 0.5) is 13.2 Å². The van der Waals surface area contributed by atoms with Crippen LogP contribution in [0.25, 0.3) is 0 Å². The highest BCUT2D eigenvalue weighted by Gasteiger charge is 2.32. The predicted octanol–water partition coefficient (Wildman–Crippen LogP) is 1.05. The maximum atomic E-state index is 11.4. The molecule has 0 aliphatic rings. The molecule has 0 aromatic heterocycles. The van der Waals surface area contributed by atoms with Gasteiger partial charge in [0, 0.05) is 6.20 Å². The highest BCUT2D eigenvalue weighted by molar-refractivity contribution is 5.30. The number of halogens is 3. The van der Waals surface area contributed by atoms with Gasteiger partial charge in [0.2, 0.25) is 0 Å². The van der Waals surface area contributed by atoms with Crippen molar-refractivity contribution in [2.45, 2.75) is 6.18 Å². The fraction of sp³-hybridized carbons (Fsp3) is 0.250. The second kappa shape index (κ2) is 2.52. The highest BCUT2D eigenvalue weighted by atomic mass is 19.4. The summed E-state index contributed by atoms with van der Waals surface area (Å²) in [6.45, 7) is 2.68. The van der Waals surface area contributed by atoms with Gasteiger partial charge >= 0.3 is 6.18 Å². The molecule has 0 saturated heterocycles. The Hall–Kier alpha value is -1.00. The summed E-state index contributed by atoms with van der Waals surface area (Å²) in [6, 6.07) is 0. The van der Waals surface area contributed by atoms with Crippen molar-refractivity contribution >= 4 is 6.72 Å². The summed E-state index contributed by atoms with van der Waals surface area (Å²) in [7, 11) is 0. The van der Waals surface area contributed by atoms with Crippen molar-refractivity contribution in [1.29, 1.82) is 0 Å². The quantitative estimate of drug-likeness (QED) is 0.540. The van der Waals surface area contributed by atoms with Gasteiger partial charge in [0.15, 0.2) is 5.70 Å². The average Bonchev–Trinajstić information content (AvgIpc) is 1.65. The van der Waals surface area contributed by atoms with E-state index in [-0.39, 0.29) is 0 Å². The predicted molar refractivity (Wildman–Crippen MR) is 27.9 cm³/mol. The Morgan fingerprint density at radius 3 is 2.00 bits per heavy atom. The average molecular weight is 138 g/mol. The van der Waals surface area contributed by atoms with Crippen molar-refractivity contribution < 1.29 is 13.2 Å². The molecule has 0 radical (unpaired) electrons. The molecule has 0 aliphatic heterocycles. The molecular weight excluding hydrogens is 133 g/mol. The molecule has 0 aromatic carbocycles. The van der Waals surface area contributed by atoms with Gasteiger partial charge in [-0.2, -0.15) is 13.2 Å². The van der Waals surface area contributed by atoms with Gasteiger partial charge in [0.05, 0.1) is 0 Å². The minimum Gasteiger partial charge on any atom is -0.403 e. The third-order valence-corrected chi connectivity index (χ3v) is 0.619. The molecule has 0 spiro atoms. The summed E-state index contributed by atoms with van der Waals surface area (Å²) in [4.78, 5) is 2.64. The van der Waals surface area contributed by atoms with E-state index in [1.165, 1.54) is 0 Å². The molecule has 2 N–H and O–H groups in total. The third kappa shape index (κ3) is 2.16. The van der Waals surface area contributed by atoms with Crippen LogP contribution in [0.5, 0.6) is 0 Å². The molecule has 5 heteroatoms. The molecule has 52 valence electrons. The molecular formula is C4H5F3N2. The van der Waals surface area contributed by atoms with E-state index in [1.807, 2.05) is 0 Å². The van der Waals surface area contributed by atoms with Gasteiger partial charge in [-0.1, -0.05) is 0 Å². The van der Waals surface area contributed by atoms with E-state index < -0.39 is 11.9 Å². The minimum absolute atomic E-state index is 0.368. The van der Waals surface area contributed by atoms with Crippen molar-refractivity contribution in [2.75, 3.05) is 0 Å². The summed E-state index contributed by atoms with van der Waals surface area (Å²) in [5.74, 6) is 0. The highest BCUT2D eigenvalue weighted by Crippen LogP contribution is 2.24. The lowest BCUT2D eigenvalue weighted by Crippen LogP contribution is -2.11. The second-order valence-corrected chi connectivity index (χ2v) is 1.21. The molecule has 0 heterocycles. The lowest BCUT2D eigenvalue weighted by atomic mass is 10.5. The molecule has 0 aromatic rings. The minimum atomic E-state index is -4.48. The zero-order valence-electron chi connectivity index (χ0n) is 4.44. The molecule has 9 heavy (non-hydrogen) atoms. The first-order chi connectivity index (χ1) is 4.02. The van der Waals surface area contributed by atoms with Crippen LogP contribution in [0, 0.1) is 0 Å². The Morgan fingerprint density at radius 2 is 2.00 bits per heavy atom. The number of hydrogen-bond donors (Lipinski definition) is 1. The molecule has 0 unspecified atom stereocenters. The van der Waals surface area contributed by atoms with Crippen LogP contribution in [-0.2, 0) is 0 Å². The first-order valence-corrected chi connectivity index (χ1v) is 1.98. The lowest BCUT2D eigenvalue weighted by Gasteiger charge is -2.02. The van der Waals surface area contributed by atoms with Crippen LogP contribution >= 0.6 is 0 Å². The first-order valence-electron chi connectivity index (χ1n) is 1.98. The Morgan fingerprint density at radius 1 is 1.56 bits per heavy atom. The van der Waals surface area contributed by atoms with Crippen molar-refractivity contribution in [3.05, 3.63) is 11.9 Å². The fourth-order valence-corrected chi connectivity index (χ4v) is 0.237. The Labute approximate surface area is 49.9 Å². The van der Waals surface area contributed by atoms with Gasteiger partial charge in [-0.25, -0.2) is 0 Å². The van der Waals surface area contributed by atoms with E-state index in [0.717, 1.165) is 0 Å². The monoisotopic (exact) mass is 138 g/mol. The normalized spacial score (nSPS) is 13.4. The van der Waals surface area contributed by atoms with E-state index in [4.69, 9.17) is 0 Å². The van der Waals surface area contributed by atoms with Gasteiger partial charge in [-0.3, -0.25) is 4.99 Å². The lowest BCUT2D eigenvalue weighted by molar-refractivity contribution is -0.0924. The number of hydrogen-bond acceptors (Lipinski definition) is 2. The molecule has 0 fully saturated rings. The summed E-state index contributed by atoms with van der Waals surface area (Å²) in [6.07, 6.45) is -4.11. The van der Waals surface area contributed by atoms with Gasteiger partial charge < -0.3 is 5.73 Å². The summed E-state index contributed by atoms with van der Waals surface area (Å²) < 4.78 is 34.3. The number of allylic oxidation sites excluding steroid dienone is 1. The Bertz CT molecular complexity index is 135. The molecule has 0 saturated carbocycles. The summed E-state index contributed by atoms with van der Waals surface area (Å²) in [5.41, 5.74) is 3.39. The number of nitrogens with two attached hydrogens (primary N) is 1. The van der Waals surface area contributed by atoms with E-state index in [9.17, 15) is 13.2 Å². The molecule has 0 bridgehead atoms. The number of nitrogens with zero attached hydrogens (tertiary/aromatic N) is 1. The Balaban J connectivity index is 4.32. The van der Waals surface area contributed by atoms with E-state index in [1.54, 1.807) is 0 Å². The molecule has 0 atom stereocenters. The van der Waals surface area contributed by atoms with Crippen molar-refractivity contribution in [2.24, 2.45) is 10.7 Å². The van der Waals surface area contributed by atoms with Gasteiger partial charge in [-0.05, 0) is 6.72 Å². The summed E-state index contributed by atoms with van der Waals surface area (Å²) in [5, 5.41) is 0. The van der Waals surface area contributed by atoms with E-state index in [2.05, 4.69) is 17.4 Å². The Kier molecular flexibility index (Phi) is 2.24. The van der Waals surface area contributed by atoms with Crippen molar-refractivity contribution in [3.63, 3.8) is 0 Å². The van der Waals surface area contributed by atoms with Gasteiger partial charge in [-0.15, -0.1) is 0 Å². The van der Waals surface area contributed by atoms with Crippen LogP contribution in [0.3, 0.4) is 0 Å². The topological polar surface area (TPSA) is 38.4 Å².